The highest BCUT2D eigenvalue weighted by Gasteiger charge is 2.28. The number of hydrogen-bond donors (Lipinski definition) is 2. The molecule has 3 rings (SSSR count). The van der Waals surface area contributed by atoms with Crippen LogP contribution in [0.2, 0.25) is 10.0 Å². The molecule has 0 unspecified atom stereocenters. The first-order chi connectivity index (χ1) is 14.1. The maximum Gasteiger partial charge on any atom is 0.322 e. The van der Waals surface area contributed by atoms with Gasteiger partial charge in [0.05, 0.1) is 19.8 Å². The first-order valence-corrected chi connectivity index (χ1v) is 11.9. The van der Waals surface area contributed by atoms with E-state index in [4.69, 9.17) is 23.2 Å². The zero-order valence-electron chi connectivity index (χ0n) is 16.0. The zero-order valence-corrected chi connectivity index (χ0v) is 19.1. The third kappa shape index (κ3) is 5.01. The Morgan fingerprint density at radius 1 is 1.07 bits per heavy atom. The molecule has 0 bridgehead atoms. The molecule has 0 radical (unpaired) electrons. The molecule has 158 valence electrons. The molecule has 0 saturated heterocycles. The summed E-state index contributed by atoms with van der Waals surface area (Å²) in [5.74, 6) is -1.62. The van der Waals surface area contributed by atoms with E-state index in [9.17, 15) is 18.3 Å². The number of benzene rings is 2. The SMILES string of the molecule is CC(C)[C@@H](NS(=O)(=O)c1ccc(-c2ncc(-c3ccc(Cl)c(Cl)c3)s2)cc1)C(=O)O. The van der Waals surface area contributed by atoms with E-state index in [0.29, 0.717) is 15.1 Å². The average Bonchev–Trinajstić information content (AvgIpc) is 3.18. The summed E-state index contributed by atoms with van der Waals surface area (Å²) in [5, 5.41) is 10.9. The Bertz CT molecular complexity index is 1180. The van der Waals surface area contributed by atoms with Crippen molar-refractivity contribution in [1.29, 1.82) is 0 Å². The van der Waals surface area contributed by atoms with Crippen molar-refractivity contribution in [3.63, 3.8) is 0 Å². The summed E-state index contributed by atoms with van der Waals surface area (Å²) in [4.78, 5) is 16.6. The zero-order chi connectivity index (χ0) is 22.1. The summed E-state index contributed by atoms with van der Waals surface area (Å²) in [6, 6.07) is 10.2. The number of sulfonamides is 1. The van der Waals surface area contributed by atoms with Crippen molar-refractivity contribution < 1.29 is 18.3 Å². The minimum Gasteiger partial charge on any atom is -0.480 e. The number of thiazole rings is 1. The van der Waals surface area contributed by atoms with Crippen LogP contribution in [0.3, 0.4) is 0 Å². The van der Waals surface area contributed by atoms with Gasteiger partial charge in [0.25, 0.3) is 0 Å². The number of nitrogens with one attached hydrogen (secondary N) is 1. The third-order valence-electron chi connectivity index (χ3n) is 4.34. The Morgan fingerprint density at radius 3 is 2.27 bits per heavy atom. The minimum absolute atomic E-state index is 0.0144. The largest absolute Gasteiger partial charge is 0.480 e. The Morgan fingerprint density at radius 2 is 1.70 bits per heavy atom. The molecule has 3 aromatic rings. The van der Waals surface area contributed by atoms with Crippen LogP contribution in [0, 0.1) is 5.92 Å². The van der Waals surface area contributed by atoms with Gasteiger partial charge in [-0.05, 0) is 35.7 Å². The molecule has 1 heterocycles. The molecule has 6 nitrogen and oxygen atoms in total. The number of nitrogens with zero attached hydrogens (tertiary/aromatic N) is 1. The number of aromatic nitrogens is 1. The number of hydrogen-bond acceptors (Lipinski definition) is 5. The molecule has 2 aromatic carbocycles. The number of halogens is 2. The molecule has 0 saturated carbocycles. The van der Waals surface area contributed by atoms with Crippen LogP contribution >= 0.6 is 34.5 Å². The van der Waals surface area contributed by atoms with Gasteiger partial charge in [0, 0.05) is 11.8 Å². The van der Waals surface area contributed by atoms with Gasteiger partial charge >= 0.3 is 5.97 Å². The van der Waals surface area contributed by atoms with Gasteiger partial charge in [-0.3, -0.25) is 4.79 Å². The smallest absolute Gasteiger partial charge is 0.322 e. The summed E-state index contributed by atoms with van der Waals surface area (Å²) in [6.07, 6.45) is 1.71. The van der Waals surface area contributed by atoms with Crippen molar-refractivity contribution >= 4 is 50.5 Å². The van der Waals surface area contributed by atoms with Crippen LogP contribution in [0.5, 0.6) is 0 Å². The fourth-order valence-corrected chi connectivity index (χ4v) is 5.23. The van der Waals surface area contributed by atoms with Crippen molar-refractivity contribution in [3.05, 3.63) is 58.7 Å². The second-order valence-corrected chi connectivity index (χ2v) is 10.4. The highest BCUT2D eigenvalue weighted by atomic mass is 35.5. The van der Waals surface area contributed by atoms with Gasteiger partial charge < -0.3 is 5.11 Å². The van der Waals surface area contributed by atoms with Crippen molar-refractivity contribution in [2.75, 3.05) is 0 Å². The molecule has 0 fully saturated rings. The molecule has 0 aliphatic rings. The monoisotopic (exact) mass is 484 g/mol. The van der Waals surface area contributed by atoms with E-state index in [1.165, 1.54) is 23.5 Å². The lowest BCUT2D eigenvalue weighted by Crippen LogP contribution is -2.44. The Balaban J connectivity index is 1.83. The third-order valence-corrected chi connectivity index (χ3v) is 7.63. The molecular weight excluding hydrogens is 467 g/mol. The summed E-state index contributed by atoms with van der Waals surface area (Å²) in [5.41, 5.74) is 1.62. The molecule has 1 atom stereocenters. The molecule has 0 spiro atoms. The Labute approximate surface area is 188 Å². The normalized spacial score (nSPS) is 12.8. The van der Waals surface area contributed by atoms with E-state index in [1.807, 2.05) is 6.07 Å². The van der Waals surface area contributed by atoms with E-state index in [2.05, 4.69) is 9.71 Å². The first kappa shape index (κ1) is 22.7. The fraction of sp³-hybridized carbons (Fsp3) is 0.200. The molecule has 0 amide bonds. The number of carboxylic acid groups (broad SMARTS) is 1. The van der Waals surface area contributed by atoms with Crippen LogP contribution < -0.4 is 4.72 Å². The highest BCUT2D eigenvalue weighted by Crippen LogP contribution is 2.35. The lowest BCUT2D eigenvalue weighted by molar-refractivity contribution is -0.140. The molecule has 30 heavy (non-hydrogen) atoms. The number of carboxylic acids is 1. The summed E-state index contributed by atoms with van der Waals surface area (Å²) in [6.45, 7) is 3.27. The van der Waals surface area contributed by atoms with E-state index < -0.39 is 28.0 Å². The lowest BCUT2D eigenvalue weighted by atomic mass is 10.1. The van der Waals surface area contributed by atoms with E-state index in [-0.39, 0.29) is 4.90 Å². The number of aliphatic carboxylic acids is 1. The van der Waals surface area contributed by atoms with Crippen molar-refractivity contribution in [2.45, 2.75) is 24.8 Å². The van der Waals surface area contributed by atoms with Gasteiger partial charge in [-0.25, -0.2) is 13.4 Å². The Kier molecular flexibility index (Phi) is 6.84. The van der Waals surface area contributed by atoms with E-state index in [1.54, 1.807) is 44.3 Å². The predicted octanol–water partition coefficient (Wildman–Crippen LogP) is 5.17. The second-order valence-electron chi connectivity index (χ2n) is 6.86. The molecule has 1 aromatic heterocycles. The van der Waals surface area contributed by atoms with Gasteiger partial charge in [-0.1, -0.05) is 55.2 Å². The average molecular weight is 485 g/mol. The van der Waals surface area contributed by atoms with Crippen molar-refractivity contribution in [3.8, 4) is 21.0 Å². The van der Waals surface area contributed by atoms with Gasteiger partial charge in [-0.2, -0.15) is 4.72 Å². The number of carbonyl (C=O) groups is 1. The quantitative estimate of drug-likeness (QED) is 0.481. The molecule has 10 heteroatoms. The maximum atomic E-state index is 12.5. The van der Waals surface area contributed by atoms with Crippen molar-refractivity contribution in [1.82, 2.24) is 9.71 Å². The summed E-state index contributed by atoms with van der Waals surface area (Å²) < 4.78 is 27.3. The molecule has 0 aliphatic heterocycles. The van der Waals surface area contributed by atoms with Gasteiger partial charge in [0.2, 0.25) is 10.0 Å². The minimum atomic E-state index is -3.97. The van der Waals surface area contributed by atoms with Crippen LogP contribution in [-0.4, -0.2) is 30.5 Å². The van der Waals surface area contributed by atoms with Crippen molar-refractivity contribution in [2.24, 2.45) is 5.92 Å². The standard InChI is InChI=1S/C20H18Cl2N2O4S2/c1-11(2)18(20(25)26)24-30(27,28)14-6-3-12(4-7-14)19-23-10-17(29-19)13-5-8-15(21)16(22)9-13/h3-11,18,24H,1-2H3,(H,25,26)/t18-/m1/s1. The van der Waals surface area contributed by atoms with E-state index >= 15 is 0 Å². The first-order valence-electron chi connectivity index (χ1n) is 8.85. The maximum absolute atomic E-state index is 12.5. The summed E-state index contributed by atoms with van der Waals surface area (Å²) in [7, 11) is -3.97. The number of rotatable bonds is 7. The molecular formula is C20H18Cl2N2O4S2. The van der Waals surface area contributed by atoms with Gasteiger partial charge in [-0.15, -0.1) is 11.3 Å². The predicted molar refractivity (Wildman–Crippen MR) is 120 cm³/mol. The summed E-state index contributed by atoms with van der Waals surface area (Å²) >= 11 is 13.5. The topological polar surface area (TPSA) is 96.4 Å². The van der Waals surface area contributed by atoms with Crippen LogP contribution in [0.1, 0.15) is 13.8 Å². The van der Waals surface area contributed by atoms with Gasteiger partial charge in [0.15, 0.2) is 0 Å². The molecule has 0 aliphatic carbocycles. The second kappa shape index (κ2) is 9.03. The van der Waals surface area contributed by atoms with Crippen LogP contribution in [0.15, 0.2) is 53.6 Å². The fourth-order valence-electron chi connectivity index (χ4n) is 2.67. The van der Waals surface area contributed by atoms with Crippen LogP contribution in [0.25, 0.3) is 21.0 Å². The van der Waals surface area contributed by atoms with E-state index in [0.717, 1.165) is 16.0 Å². The lowest BCUT2D eigenvalue weighted by Gasteiger charge is -2.18. The Hall–Kier alpha value is -1.97. The molecule has 2 N–H and O–H groups in total. The van der Waals surface area contributed by atoms with Gasteiger partial charge in [0.1, 0.15) is 11.0 Å². The van der Waals surface area contributed by atoms with Crippen LogP contribution in [-0.2, 0) is 14.8 Å². The highest BCUT2D eigenvalue weighted by molar-refractivity contribution is 7.89. The van der Waals surface area contributed by atoms with Crippen LogP contribution in [0.4, 0.5) is 0 Å².